The van der Waals surface area contributed by atoms with E-state index < -0.39 is 0 Å². The number of hydrogen-bond acceptors (Lipinski definition) is 3. The van der Waals surface area contributed by atoms with Gasteiger partial charge in [-0.15, -0.1) is 0 Å². The molecule has 28 heavy (non-hydrogen) atoms. The summed E-state index contributed by atoms with van der Waals surface area (Å²) >= 11 is 6.02. The molecule has 0 spiro atoms. The van der Waals surface area contributed by atoms with Crippen molar-refractivity contribution in [2.24, 2.45) is 0 Å². The maximum absolute atomic E-state index is 6.02. The average molecular weight is 386 g/mol. The van der Waals surface area contributed by atoms with E-state index in [4.69, 9.17) is 16.6 Å². The highest BCUT2D eigenvalue weighted by atomic mass is 35.5. The fraction of sp³-hybridized carbons (Fsp3) is 0.0455. The van der Waals surface area contributed by atoms with Gasteiger partial charge in [0.15, 0.2) is 11.6 Å². The van der Waals surface area contributed by atoms with E-state index in [1.807, 2.05) is 48.5 Å². The lowest BCUT2D eigenvalue weighted by Crippen LogP contribution is -1.97. The van der Waals surface area contributed by atoms with Gasteiger partial charge in [-0.25, -0.2) is 4.98 Å². The molecule has 5 nitrogen and oxygen atoms in total. The maximum atomic E-state index is 6.02. The number of aromatic nitrogens is 5. The van der Waals surface area contributed by atoms with Gasteiger partial charge in [-0.3, -0.25) is 10.1 Å². The van der Waals surface area contributed by atoms with Crippen LogP contribution in [0.15, 0.2) is 79.3 Å². The second-order valence-electron chi connectivity index (χ2n) is 6.56. The Kier molecular flexibility index (Phi) is 4.14. The molecule has 0 bridgehead atoms. The SMILES string of the molecule is Clc1ccc(Cn2cc(-c3nc(-c4cccnc4)n[nH]3)c3ccccc32)cc1. The predicted molar refractivity (Wildman–Crippen MR) is 111 cm³/mol. The van der Waals surface area contributed by atoms with Crippen molar-refractivity contribution < 1.29 is 0 Å². The summed E-state index contributed by atoms with van der Waals surface area (Å²) in [5.74, 6) is 1.38. The Hall–Kier alpha value is -3.44. The molecular weight excluding hydrogens is 370 g/mol. The van der Waals surface area contributed by atoms with Crippen LogP contribution in [0, 0.1) is 0 Å². The van der Waals surface area contributed by atoms with Crippen LogP contribution in [-0.4, -0.2) is 24.7 Å². The van der Waals surface area contributed by atoms with Crippen molar-refractivity contribution >= 4 is 22.5 Å². The first-order valence-corrected chi connectivity index (χ1v) is 9.31. The van der Waals surface area contributed by atoms with Gasteiger partial charge >= 0.3 is 0 Å². The maximum Gasteiger partial charge on any atom is 0.183 e. The molecular formula is C22H16ClN5. The highest BCUT2D eigenvalue weighted by molar-refractivity contribution is 6.30. The Balaban J connectivity index is 1.57. The molecule has 6 heteroatoms. The summed E-state index contributed by atoms with van der Waals surface area (Å²) in [5.41, 5.74) is 4.24. The van der Waals surface area contributed by atoms with Crippen molar-refractivity contribution in [1.29, 1.82) is 0 Å². The van der Waals surface area contributed by atoms with Crippen molar-refractivity contribution in [2.45, 2.75) is 6.54 Å². The van der Waals surface area contributed by atoms with Crippen LogP contribution in [0.1, 0.15) is 5.56 Å². The summed E-state index contributed by atoms with van der Waals surface area (Å²) in [4.78, 5) is 8.84. The van der Waals surface area contributed by atoms with E-state index in [1.54, 1.807) is 12.4 Å². The minimum absolute atomic E-state index is 0.637. The van der Waals surface area contributed by atoms with Gasteiger partial charge in [0.05, 0.1) is 0 Å². The molecule has 3 heterocycles. The number of pyridine rings is 1. The second-order valence-corrected chi connectivity index (χ2v) is 7.00. The van der Waals surface area contributed by atoms with Gasteiger partial charge in [0, 0.05) is 52.2 Å². The molecule has 0 aliphatic rings. The van der Waals surface area contributed by atoms with Crippen LogP contribution in [0.2, 0.25) is 5.02 Å². The molecule has 5 rings (SSSR count). The molecule has 3 aromatic heterocycles. The number of hydrogen-bond donors (Lipinski definition) is 1. The molecule has 0 unspecified atom stereocenters. The Morgan fingerprint density at radius 2 is 1.82 bits per heavy atom. The highest BCUT2D eigenvalue weighted by Crippen LogP contribution is 2.30. The summed E-state index contributed by atoms with van der Waals surface area (Å²) in [6.07, 6.45) is 5.62. The highest BCUT2D eigenvalue weighted by Gasteiger charge is 2.14. The molecule has 0 amide bonds. The first kappa shape index (κ1) is 16.7. The molecule has 0 atom stereocenters. The van der Waals surface area contributed by atoms with Crippen LogP contribution >= 0.6 is 11.6 Å². The number of H-pyrrole nitrogens is 1. The van der Waals surface area contributed by atoms with Crippen LogP contribution in [0.4, 0.5) is 0 Å². The third kappa shape index (κ3) is 3.06. The summed E-state index contributed by atoms with van der Waals surface area (Å²) < 4.78 is 2.22. The molecule has 5 aromatic rings. The van der Waals surface area contributed by atoms with Crippen molar-refractivity contribution in [2.75, 3.05) is 0 Å². The molecule has 1 N–H and O–H groups in total. The summed E-state index contributed by atoms with van der Waals surface area (Å²) in [6.45, 7) is 0.751. The van der Waals surface area contributed by atoms with E-state index in [0.29, 0.717) is 5.82 Å². The molecule has 2 aromatic carbocycles. The summed E-state index contributed by atoms with van der Waals surface area (Å²) in [5, 5.41) is 9.32. The van der Waals surface area contributed by atoms with Crippen LogP contribution in [0.25, 0.3) is 33.7 Å². The zero-order chi connectivity index (χ0) is 18.9. The first-order valence-electron chi connectivity index (χ1n) is 8.93. The zero-order valence-corrected chi connectivity index (χ0v) is 15.6. The van der Waals surface area contributed by atoms with Gasteiger partial charge in [0.1, 0.15) is 0 Å². The molecule has 0 radical (unpaired) electrons. The lowest BCUT2D eigenvalue weighted by Gasteiger charge is -2.05. The molecule has 0 aliphatic heterocycles. The summed E-state index contributed by atoms with van der Waals surface area (Å²) in [6, 6.07) is 20.1. The van der Waals surface area contributed by atoms with Gasteiger partial charge < -0.3 is 4.57 Å². The molecule has 0 fully saturated rings. The molecule has 0 saturated carbocycles. The Morgan fingerprint density at radius 3 is 2.64 bits per heavy atom. The van der Waals surface area contributed by atoms with E-state index >= 15 is 0 Å². The zero-order valence-electron chi connectivity index (χ0n) is 14.9. The van der Waals surface area contributed by atoms with Crippen LogP contribution < -0.4 is 0 Å². The number of benzene rings is 2. The number of para-hydroxylation sites is 1. The number of fused-ring (bicyclic) bond motifs is 1. The predicted octanol–water partition coefficient (Wildman–Crippen LogP) is 5.19. The Labute approximate surface area is 166 Å². The van der Waals surface area contributed by atoms with Gasteiger partial charge in [0.25, 0.3) is 0 Å². The topological polar surface area (TPSA) is 59.4 Å². The van der Waals surface area contributed by atoms with Gasteiger partial charge in [0.2, 0.25) is 0 Å². The lowest BCUT2D eigenvalue weighted by atomic mass is 10.1. The van der Waals surface area contributed by atoms with E-state index in [0.717, 1.165) is 39.4 Å². The fourth-order valence-electron chi connectivity index (χ4n) is 3.36. The normalized spacial score (nSPS) is 11.2. The monoisotopic (exact) mass is 385 g/mol. The van der Waals surface area contributed by atoms with Gasteiger partial charge in [-0.05, 0) is 35.9 Å². The van der Waals surface area contributed by atoms with Crippen LogP contribution in [0.5, 0.6) is 0 Å². The smallest absolute Gasteiger partial charge is 0.183 e. The van der Waals surface area contributed by atoms with Crippen LogP contribution in [-0.2, 0) is 6.54 Å². The molecule has 0 saturated heterocycles. The number of halogens is 1. The molecule has 136 valence electrons. The Morgan fingerprint density at radius 1 is 0.964 bits per heavy atom. The second kappa shape index (κ2) is 6.94. The van der Waals surface area contributed by atoms with Gasteiger partial charge in [-0.1, -0.05) is 41.9 Å². The Bertz CT molecular complexity index is 1240. The number of rotatable bonds is 4. The van der Waals surface area contributed by atoms with E-state index in [-0.39, 0.29) is 0 Å². The van der Waals surface area contributed by atoms with E-state index in [1.165, 1.54) is 5.56 Å². The van der Waals surface area contributed by atoms with Crippen molar-refractivity contribution in [1.82, 2.24) is 24.7 Å². The standard InChI is InChI=1S/C22H16ClN5/c23-17-9-7-15(8-10-17)13-28-14-19(18-5-1-2-6-20(18)28)22-25-21(26-27-22)16-4-3-11-24-12-16/h1-12,14H,13H2,(H,25,26,27). The third-order valence-corrected chi connectivity index (χ3v) is 4.97. The minimum Gasteiger partial charge on any atom is -0.342 e. The van der Waals surface area contributed by atoms with E-state index in [9.17, 15) is 0 Å². The van der Waals surface area contributed by atoms with Crippen LogP contribution in [0.3, 0.4) is 0 Å². The van der Waals surface area contributed by atoms with Crippen molar-refractivity contribution in [3.05, 3.63) is 89.8 Å². The number of nitrogens with zero attached hydrogens (tertiary/aromatic N) is 4. The van der Waals surface area contributed by atoms with Gasteiger partial charge in [-0.2, -0.15) is 5.10 Å². The largest absolute Gasteiger partial charge is 0.342 e. The minimum atomic E-state index is 0.637. The van der Waals surface area contributed by atoms with Crippen molar-refractivity contribution in [3.63, 3.8) is 0 Å². The number of aromatic amines is 1. The summed E-state index contributed by atoms with van der Waals surface area (Å²) in [7, 11) is 0. The number of nitrogens with one attached hydrogen (secondary N) is 1. The molecule has 0 aliphatic carbocycles. The lowest BCUT2D eigenvalue weighted by molar-refractivity contribution is 0.837. The average Bonchev–Trinajstić information content (AvgIpc) is 3.36. The first-order chi connectivity index (χ1) is 13.8. The fourth-order valence-corrected chi connectivity index (χ4v) is 3.49. The quantitative estimate of drug-likeness (QED) is 0.463. The van der Waals surface area contributed by atoms with E-state index in [2.05, 4.69) is 38.1 Å². The third-order valence-electron chi connectivity index (χ3n) is 4.72. The van der Waals surface area contributed by atoms with Crippen molar-refractivity contribution in [3.8, 4) is 22.8 Å².